The third-order valence-corrected chi connectivity index (χ3v) is 4.05. The Kier molecular flexibility index (Phi) is 3.56. The molecule has 0 spiro atoms. The van der Waals surface area contributed by atoms with Gasteiger partial charge in [0.15, 0.2) is 0 Å². The monoisotopic (exact) mass is 274 g/mol. The van der Waals surface area contributed by atoms with E-state index in [9.17, 15) is 10.2 Å². The Balaban J connectivity index is 2.64. The van der Waals surface area contributed by atoms with E-state index in [0.717, 1.165) is 22.3 Å². The van der Waals surface area contributed by atoms with Crippen molar-refractivity contribution < 1.29 is 10.2 Å². The molecule has 0 radical (unpaired) electrons. The van der Waals surface area contributed by atoms with Crippen molar-refractivity contribution in [1.82, 2.24) is 0 Å². The zero-order valence-electron chi connectivity index (χ0n) is 11.4. The molecule has 100 valence electrons. The summed E-state index contributed by atoms with van der Waals surface area (Å²) in [5.74, 6) is 0.480. The number of aryl methyl sites for hydroxylation is 2. The van der Waals surface area contributed by atoms with Crippen molar-refractivity contribution in [3.8, 4) is 11.5 Å². The van der Waals surface area contributed by atoms with E-state index in [0.29, 0.717) is 0 Å². The van der Waals surface area contributed by atoms with Crippen LogP contribution in [0.4, 0.5) is 0 Å². The van der Waals surface area contributed by atoms with E-state index < -0.39 is 5.16 Å². The van der Waals surface area contributed by atoms with Crippen molar-refractivity contribution in [3.63, 3.8) is 0 Å². The third kappa shape index (κ3) is 2.59. The highest BCUT2D eigenvalue weighted by molar-refractivity contribution is 7.19. The van der Waals surface area contributed by atoms with Crippen LogP contribution in [0, 0.1) is 13.8 Å². The maximum absolute atomic E-state index is 10.1. The molecule has 0 fully saturated rings. The molecule has 3 heteroatoms. The first-order valence-electron chi connectivity index (χ1n) is 6.21. The summed E-state index contributed by atoms with van der Waals surface area (Å²) in [4.78, 5) is 0. The Labute approximate surface area is 116 Å². The molecule has 2 aromatic rings. The van der Waals surface area contributed by atoms with Gasteiger partial charge in [0.05, 0.1) is 0 Å². The van der Waals surface area contributed by atoms with Gasteiger partial charge >= 0.3 is 0 Å². The third-order valence-electron chi connectivity index (χ3n) is 3.42. The number of hydrogen-bond donors (Lipinski definition) is 2. The summed E-state index contributed by atoms with van der Waals surface area (Å²) >= 11 is 0. The lowest BCUT2D eigenvalue weighted by molar-refractivity contribution is 0.452. The highest BCUT2D eigenvalue weighted by Gasteiger charge is 2.29. The molecule has 0 saturated heterocycles. The Morgan fingerprint density at radius 2 is 1.21 bits per heavy atom. The van der Waals surface area contributed by atoms with Gasteiger partial charge in [-0.2, -0.15) is 0 Å². The second-order valence-corrected chi connectivity index (χ2v) is 6.40. The molecule has 0 aromatic heterocycles. The van der Waals surface area contributed by atoms with Crippen molar-refractivity contribution in [2.75, 3.05) is 0 Å². The second-order valence-electron chi connectivity index (χ2n) is 5.24. The van der Waals surface area contributed by atoms with Gasteiger partial charge in [-0.3, -0.25) is 0 Å². The second kappa shape index (κ2) is 4.86. The fourth-order valence-corrected chi connectivity index (χ4v) is 2.74. The van der Waals surface area contributed by atoms with Gasteiger partial charge in [-0.25, -0.2) is 0 Å². The SMILES string of the molecule is Cc1ccc(O)c(C(C)(P)c2cc(C)ccc2O)c1. The van der Waals surface area contributed by atoms with Crippen LogP contribution in [0.15, 0.2) is 36.4 Å². The standard InChI is InChI=1S/C16H19O2P/c1-10-4-6-14(17)12(8-10)16(3,19)13-9-11(2)5-7-15(13)18/h4-9,17-18H,19H2,1-3H3. The number of rotatable bonds is 2. The van der Waals surface area contributed by atoms with Gasteiger partial charge in [0, 0.05) is 16.3 Å². The van der Waals surface area contributed by atoms with Crippen molar-refractivity contribution in [2.24, 2.45) is 0 Å². The number of benzene rings is 2. The topological polar surface area (TPSA) is 40.5 Å². The summed E-state index contributed by atoms with van der Waals surface area (Å²) in [7, 11) is 2.74. The minimum atomic E-state index is -0.536. The fraction of sp³-hybridized carbons (Fsp3) is 0.250. The largest absolute Gasteiger partial charge is 0.508 e. The van der Waals surface area contributed by atoms with Crippen LogP contribution in [-0.4, -0.2) is 10.2 Å². The van der Waals surface area contributed by atoms with Crippen LogP contribution in [0.1, 0.15) is 29.2 Å². The average Bonchev–Trinajstić information content (AvgIpc) is 2.35. The molecule has 1 unspecified atom stereocenters. The van der Waals surface area contributed by atoms with Gasteiger partial charge in [-0.05, 0) is 32.9 Å². The molecule has 0 aliphatic rings. The minimum absolute atomic E-state index is 0.240. The van der Waals surface area contributed by atoms with Gasteiger partial charge in [-0.15, -0.1) is 9.24 Å². The maximum Gasteiger partial charge on any atom is 0.120 e. The molecule has 0 amide bonds. The van der Waals surface area contributed by atoms with Crippen LogP contribution in [0.2, 0.25) is 0 Å². The first-order chi connectivity index (χ1) is 8.82. The molecule has 1 atom stereocenters. The van der Waals surface area contributed by atoms with E-state index in [1.54, 1.807) is 12.1 Å². The van der Waals surface area contributed by atoms with Gasteiger partial charge in [0.1, 0.15) is 11.5 Å². The van der Waals surface area contributed by atoms with Gasteiger partial charge < -0.3 is 10.2 Å². The van der Waals surface area contributed by atoms with E-state index in [1.165, 1.54) is 0 Å². The van der Waals surface area contributed by atoms with Crippen molar-refractivity contribution in [1.29, 1.82) is 0 Å². The van der Waals surface area contributed by atoms with Crippen LogP contribution in [0.25, 0.3) is 0 Å². The Morgan fingerprint density at radius 1 is 0.842 bits per heavy atom. The normalized spacial score (nSPS) is 11.6. The van der Waals surface area contributed by atoms with Gasteiger partial charge in [-0.1, -0.05) is 35.4 Å². The van der Waals surface area contributed by atoms with E-state index in [2.05, 4.69) is 9.24 Å². The number of phenols is 2. The molecule has 0 heterocycles. The highest BCUT2D eigenvalue weighted by atomic mass is 31.0. The zero-order valence-corrected chi connectivity index (χ0v) is 12.6. The summed E-state index contributed by atoms with van der Waals surface area (Å²) in [6.45, 7) is 5.94. The van der Waals surface area contributed by atoms with Gasteiger partial charge in [0.25, 0.3) is 0 Å². The van der Waals surface area contributed by atoms with E-state index >= 15 is 0 Å². The van der Waals surface area contributed by atoms with Crippen molar-refractivity contribution >= 4 is 9.24 Å². The summed E-state index contributed by atoms with van der Waals surface area (Å²) < 4.78 is 0. The first kappa shape index (κ1) is 13.9. The van der Waals surface area contributed by atoms with E-state index in [4.69, 9.17) is 0 Å². The lowest BCUT2D eigenvalue weighted by Crippen LogP contribution is -2.15. The molecule has 2 N–H and O–H groups in total. The predicted molar refractivity (Wildman–Crippen MR) is 81.9 cm³/mol. The molecule has 2 nitrogen and oxygen atoms in total. The Bertz CT molecular complexity index is 565. The molecule has 0 saturated carbocycles. The van der Waals surface area contributed by atoms with Crippen molar-refractivity contribution in [3.05, 3.63) is 58.7 Å². The molecular formula is C16H19O2P. The summed E-state index contributed by atoms with van der Waals surface area (Å²) in [6.07, 6.45) is 0. The molecule has 19 heavy (non-hydrogen) atoms. The fourth-order valence-electron chi connectivity index (χ4n) is 2.28. The maximum atomic E-state index is 10.1. The highest BCUT2D eigenvalue weighted by Crippen LogP contribution is 2.46. The molecule has 0 aliphatic carbocycles. The lowest BCUT2D eigenvalue weighted by atomic mass is 9.88. The molecule has 0 bridgehead atoms. The molecule has 2 aromatic carbocycles. The Morgan fingerprint density at radius 3 is 1.58 bits per heavy atom. The van der Waals surface area contributed by atoms with Crippen LogP contribution in [0.5, 0.6) is 11.5 Å². The molecule has 2 rings (SSSR count). The van der Waals surface area contributed by atoms with Crippen LogP contribution in [0.3, 0.4) is 0 Å². The van der Waals surface area contributed by atoms with E-state index in [1.807, 2.05) is 45.0 Å². The molecule has 0 aliphatic heterocycles. The zero-order chi connectivity index (χ0) is 14.2. The summed E-state index contributed by atoms with van der Waals surface area (Å²) in [5, 5.41) is 19.7. The lowest BCUT2D eigenvalue weighted by Gasteiger charge is -2.28. The van der Waals surface area contributed by atoms with Crippen LogP contribution in [-0.2, 0) is 5.16 Å². The van der Waals surface area contributed by atoms with Crippen molar-refractivity contribution in [2.45, 2.75) is 25.9 Å². The quantitative estimate of drug-likeness (QED) is 0.816. The van der Waals surface area contributed by atoms with E-state index in [-0.39, 0.29) is 11.5 Å². The van der Waals surface area contributed by atoms with Crippen LogP contribution < -0.4 is 0 Å². The van der Waals surface area contributed by atoms with Crippen LogP contribution >= 0.6 is 9.24 Å². The summed E-state index contributed by atoms with van der Waals surface area (Å²) in [6, 6.07) is 11.0. The number of aromatic hydroxyl groups is 2. The average molecular weight is 274 g/mol. The minimum Gasteiger partial charge on any atom is -0.508 e. The number of hydrogen-bond acceptors (Lipinski definition) is 2. The number of phenolic OH excluding ortho intramolecular Hbond substituents is 2. The Hall–Kier alpha value is -1.53. The van der Waals surface area contributed by atoms with Gasteiger partial charge in [0.2, 0.25) is 0 Å². The predicted octanol–water partition coefficient (Wildman–Crippen LogP) is 3.85. The smallest absolute Gasteiger partial charge is 0.120 e. The summed E-state index contributed by atoms with van der Waals surface area (Å²) in [5.41, 5.74) is 3.74. The molecular weight excluding hydrogens is 255 g/mol. The first-order valence-corrected chi connectivity index (χ1v) is 6.79.